The SMILES string of the molecule is O=C(Nc1c(C(=O)c2ccccc2)oc2ccccc12)c1cc(-c2ccccc2)on1. The maximum absolute atomic E-state index is 13.1. The van der Waals surface area contributed by atoms with E-state index >= 15 is 0 Å². The third-order valence-corrected chi connectivity index (χ3v) is 4.88. The molecule has 0 aliphatic carbocycles. The van der Waals surface area contributed by atoms with Crippen molar-refractivity contribution in [1.29, 1.82) is 0 Å². The van der Waals surface area contributed by atoms with E-state index in [4.69, 9.17) is 8.94 Å². The molecular weight excluding hydrogens is 392 g/mol. The molecule has 0 saturated heterocycles. The second-order valence-corrected chi connectivity index (χ2v) is 6.89. The minimum atomic E-state index is -0.500. The highest BCUT2D eigenvalue weighted by molar-refractivity contribution is 6.18. The lowest BCUT2D eigenvalue weighted by atomic mass is 10.1. The van der Waals surface area contributed by atoms with Crippen molar-refractivity contribution in [2.75, 3.05) is 5.32 Å². The summed E-state index contributed by atoms with van der Waals surface area (Å²) in [5.41, 5.74) is 2.18. The Morgan fingerprint density at radius 3 is 2.26 bits per heavy atom. The Labute approximate surface area is 177 Å². The molecule has 31 heavy (non-hydrogen) atoms. The van der Waals surface area contributed by atoms with Crippen LogP contribution < -0.4 is 5.32 Å². The standard InChI is InChI=1S/C25H16N2O4/c28-23(17-11-5-2-6-12-17)24-22(18-13-7-8-14-20(18)30-24)26-25(29)19-15-21(31-27-19)16-9-3-1-4-10-16/h1-15H,(H,26,29). The quantitative estimate of drug-likeness (QED) is 0.384. The van der Waals surface area contributed by atoms with E-state index in [1.54, 1.807) is 48.5 Å². The topological polar surface area (TPSA) is 85.3 Å². The van der Waals surface area contributed by atoms with E-state index in [2.05, 4.69) is 10.5 Å². The zero-order valence-corrected chi connectivity index (χ0v) is 16.2. The molecule has 0 atom stereocenters. The van der Waals surface area contributed by atoms with Crippen LogP contribution in [-0.2, 0) is 0 Å². The maximum Gasteiger partial charge on any atom is 0.277 e. The molecule has 5 rings (SSSR count). The number of furan rings is 1. The third kappa shape index (κ3) is 3.51. The molecule has 0 bridgehead atoms. The monoisotopic (exact) mass is 408 g/mol. The number of nitrogens with zero attached hydrogens (tertiary/aromatic N) is 1. The van der Waals surface area contributed by atoms with Gasteiger partial charge in [0.05, 0.1) is 5.69 Å². The van der Waals surface area contributed by atoms with Gasteiger partial charge >= 0.3 is 0 Å². The Morgan fingerprint density at radius 1 is 0.806 bits per heavy atom. The molecule has 0 aliphatic heterocycles. The normalized spacial score (nSPS) is 10.8. The molecule has 0 radical (unpaired) electrons. The van der Waals surface area contributed by atoms with Crippen LogP contribution in [0.2, 0.25) is 0 Å². The van der Waals surface area contributed by atoms with Crippen LogP contribution in [0, 0.1) is 0 Å². The van der Waals surface area contributed by atoms with Crippen molar-refractivity contribution in [2.45, 2.75) is 0 Å². The molecule has 0 unspecified atom stereocenters. The van der Waals surface area contributed by atoms with Crippen LogP contribution in [0.25, 0.3) is 22.3 Å². The number of rotatable bonds is 5. The molecule has 150 valence electrons. The summed E-state index contributed by atoms with van der Waals surface area (Å²) < 4.78 is 11.1. The Morgan fingerprint density at radius 2 is 1.48 bits per heavy atom. The molecule has 1 amide bonds. The number of carbonyl (C=O) groups is 2. The lowest BCUT2D eigenvalue weighted by Crippen LogP contribution is -2.14. The van der Waals surface area contributed by atoms with Crippen molar-refractivity contribution >= 4 is 28.3 Å². The van der Waals surface area contributed by atoms with Gasteiger partial charge in [0.15, 0.2) is 17.2 Å². The summed E-state index contributed by atoms with van der Waals surface area (Å²) in [6.45, 7) is 0. The summed E-state index contributed by atoms with van der Waals surface area (Å²) in [6.07, 6.45) is 0. The number of benzene rings is 3. The highest BCUT2D eigenvalue weighted by atomic mass is 16.5. The zero-order chi connectivity index (χ0) is 21.2. The molecule has 2 heterocycles. The Bertz CT molecular complexity index is 1390. The van der Waals surface area contributed by atoms with Crippen molar-refractivity contribution in [3.8, 4) is 11.3 Å². The van der Waals surface area contributed by atoms with Crippen molar-refractivity contribution in [3.05, 3.63) is 108 Å². The second-order valence-electron chi connectivity index (χ2n) is 6.89. The van der Waals surface area contributed by atoms with Gasteiger partial charge in [-0.05, 0) is 12.1 Å². The Balaban J connectivity index is 1.51. The summed E-state index contributed by atoms with van der Waals surface area (Å²) >= 11 is 0. The number of hydrogen-bond donors (Lipinski definition) is 1. The van der Waals surface area contributed by atoms with Gasteiger partial charge in [0.2, 0.25) is 5.78 Å². The molecule has 1 N–H and O–H groups in total. The molecular formula is C25H16N2O4. The van der Waals surface area contributed by atoms with Gasteiger partial charge < -0.3 is 14.3 Å². The number of amides is 1. The Kier molecular flexibility index (Phi) is 4.65. The van der Waals surface area contributed by atoms with Crippen molar-refractivity contribution in [3.63, 3.8) is 0 Å². The average molecular weight is 408 g/mol. The summed E-state index contributed by atoms with van der Waals surface area (Å²) in [5, 5.41) is 7.30. The van der Waals surface area contributed by atoms with E-state index < -0.39 is 5.91 Å². The first kappa shape index (κ1) is 18.6. The fraction of sp³-hybridized carbons (Fsp3) is 0. The smallest absolute Gasteiger partial charge is 0.277 e. The van der Waals surface area contributed by atoms with Crippen LogP contribution in [0.5, 0.6) is 0 Å². The van der Waals surface area contributed by atoms with Crippen LogP contribution in [0.1, 0.15) is 26.6 Å². The van der Waals surface area contributed by atoms with Gasteiger partial charge in [-0.3, -0.25) is 9.59 Å². The molecule has 6 nitrogen and oxygen atoms in total. The fourth-order valence-electron chi connectivity index (χ4n) is 3.35. The van der Waals surface area contributed by atoms with E-state index in [1.165, 1.54) is 0 Å². The first-order chi connectivity index (χ1) is 15.2. The van der Waals surface area contributed by atoms with Crippen LogP contribution in [-0.4, -0.2) is 16.8 Å². The van der Waals surface area contributed by atoms with Crippen molar-refractivity contribution in [2.24, 2.45) is 0 Å². The van der Waals surface area contributed by atoms with E-state index in [1.807, 2.05) is 42.5 Å². The maximum atomic E-state index is 13.1. The number of fused-ring (bicyclic) bond motifs is 1. The van der Waals surface area contributed by atoms with Gasteiger partial charge in [-0.2, -0.15) is 0 Å². The van der Waals surface area contributed by atoms with Crippen molar-refractivity contribution < 1.29 is 18.5 Å². The first-order valence-corrected chi connectivity index (χ1v) is 9.65. The van der Waals surface area contributed by atoms with E-state index in [0.29, 0.717) is 28.0 Å². The van der Waals surface area contributed by atoms with Crippen LogP contribution >= 0.6 is 0 Å². The Hall–Kier alpha value is -4.45. The molecule has 3 aromatic carbocycles. The third-order valence-electron chi connectivity index (χ3n) is 4.88. The molecule has 0 spiro atoms. The summed E-state index contributed by atoms with van der Waals surface area (Å²) in [6, 6.07) is 26.8. The molecule has 0 saturated carbocycles. The van der Waals surface area contributed by atoms with Gasteiger partial charge in [-0.25, -0.2) is 0 Å². The highest BCUT2D eigenvalue weighted by Gasteiger charge is 2.24. The van der Waals surface area contributed by atoms with E-state index in [0.717, 1.165) is 5.56 Å². The second kappa shape index (κ2) is 7.76. The molecule has 0 aliphatic rings. The largest absolute Gasteiger partial charge is 0.450 e. The van der Waals surface area contributed by atoms with Gasteiger partial charge in [0, 0.05) is 22.6 Å². The molecule has 6 heteroatoms. The van der Waals surface area contributed by atoms with Crippen LogP contribution in [0.15, 0.2) is 99.9 Å². The number of ketones is 1. The zero-order valence-electron chi connectivity index (χ0n) is 16.2. The van der Waals surface area contributed by atoms with Crippen LogP contribution in [0.3, 0.4) is 0 Å². The lowest BCUT2D eigenvalue weighted by molar-refractivity contribution is 0.101. The number of nitrogens with one attached hydrogen (secondary N) is 1. The first-order valence-electron chi connectivity index (χ1n) is 9.65. The minimum absolute atomic E-state index is 0.0625. The predicted molar refractivity (Wildman–Crippen MR) is 116 cm³/mol. The fourth-order valence-corrected chi connectivity index (χ4v) is 3.35. The minimum Gasteiger partial charge on any atom is -0.450 e. The van der Waals surface area contributed by atoms with E-state index in [-0.39, 0.29) is 17.2 Å². The number of aromatic nitrogens is 1. The number of anilines is 1. The molecule has 0 fully saturated rings. The van der Waals surface area contributed by atoms with E-state index in [9.17, 15) is 9.59 Å². The van der Waals surface area contributed by atoms with Gasteiger partial charge in [0.25, 0.3) is 5.91 Å². The van der Waals surface area contributed by atoms with Gasteiger partial charge in [-0.15, -0.1) is 0 Å². The van der Waals surface area contributed by atoms with Crippen molar-refractivity contribution in [1.82, 2.24) is 5.16 Å². The lowest BCUT2D eigenvalue weighted by Gasteiger charge is -2.04. The predicted octanol–water partition coefficient (Wildman–Crippen LogP) is 5.57. The van der Waals surface area contributed by atoms with Crippen LogP contribution in [0.4, 0.5) is 5.69 Å². The summed E-state index contributed by atoms with van der Waals surface area (Å²) in [4.78, 5) is 26.0. The highest BCUT2D eigenvalue weighted by Crippen LogP contribution is 2.33. The van der Waals surface area contributed by atoms with Gasteiger partial charge in [-0.1, -0.05) is 78.0 Å². The molecule has 5 aromatic rings. The molecule has 2 aromatic heterocycles. The number of carbonyl (C=O) groups excluding carboxylic acids is 2. The summed E-state index contributed by atoms with van der Waals surface area (Å²) in [7, 11) is 0. The number of hydrogen-bond acceptors (Lipinski definition) is 5. The number of para-hydroxylation sites is 1. The average Bonchev–Trinajstić information content (AvgIpc) is 3.46. The van der Waals surface area contributed by atoms with Gasteiger partial charge in [0.1, 0.15) is 5.58 Å². The summed E-state index contributed by atoms with van der Waals surface area (Å²) in [5.74, 6) is -0.285.